The zero-order chi connectivity index (χ0) is 11.9. The van der Waals surface area contributed by atoms with Crippen molar-refractivity contribution in [1.29, 1.82) is 0 Å². The molecule has 2 rings (SSSR count). The van der Waals surface area contributed by atoms with Crippen LogP contribution in [0.4, 0.5) is 5.13 Å². The van der Waals surface area contributed by atoms with Crippen LogP contribution < -0.4 is 10.6 Å². The zero-order valence-electron chi connectivity index (χ0n) is 10.6. The van der Waals surface area contributed by atoms with Gasteiger partial charge in [-0.05, 0) is 40.5 Å². The third kappa shape index (κ3) is 1.96. The summed E-state index contributed by atoms with van der Waals surface area (Å²) in [6, 6.07) is 0.0944. The summed E-state index contributed by atoms with van der Waals surface area (Å²) in [4.78, 5) is 8.32. The van der Waals surface area contributed by atoms with Crippen molar-refractivity contribution in [3.05, 3.63) is 10.6 Å². The van der Waals surface area contributed by atoms with E-state index in [2.05, 4.69) is 30.7 Å². The molecule has 3 nitrogen and oxygen atoms in total. The van der Waals surface area contributed by atoms with Crippen molar-refractivity contribution in [3.63, 3.8) is 0 Å². The maximum absolute atomic E-state index is 5.95. The number of aryl methyl sites for hydroxylation is 1. The Bertz CT molecular complexity index is 382. The maximum atomic E-state index is 5.95. The van der Waals surface area contributed by atoms with E-state index in [1.807, 2.05) is 6.92 Å². The first-order chi connectivity index (χ1) is 7.42. The van der Waals surface area contributed by atoms with Crippen LogP contribution in [0.1, 0.15) is 50.2 Å². The van der Waals surface area contributed by atoms with E-state index in [0.717, 1.165) is 17.4 Å². The minimum absolute atomic E-state index is 0.0944. The van der Waals surface area contributed by atoms with Crippen LogP contribution in [-0.2, 0) is 0 Å². The number of rotatable bonds is 2. The summed E-state index contributed by atoms with van der Waals surface area (Å²) < 4.78 is 0. The molecule has 0 saturated carbocycles. The minimum atomic E-state index is 0.0944. The summed E-state index contributed by atoms with van der Waals surface area (Å²) in [5.41, 5.74) is 7.29. The molecular weight excluding hydrogens is 218 g/mol. The third-order valence-electron chi connectivity index (χ3n) is 3.37. The molecular formula is C12H21N3S. The molecule has 1 atom stereocenters. The number of nitrogens with two attached hydrogens (primary N) is 1. The van der Waals surface area contributed by atoms with Crippen molar-refractivity contribution in [3.8, 4) is 0 Å². The Morgan fingerprint density at radius 3 is 2.62 bits per heavy atom. The highest BCUT2D eigenvalue weighted by Crippen LogP contribution is 2.38. The van der Waals surface area contributed by atoms with Gasteiger partial charge in [-0.1, -0.05) is 0 Å². The lowest BCUT2D eigenvalue weighted by atomic mass is 10.0. The number of nitrogens with zero attached hydrogens (tertiary/aromatic N) is 2. The lowest BCUT2D eigenvalue weighted by Crippen LogP contribution is -2.38. The summed E-state index contributed by atoms with van der Waals surface area (Å²) in [5, 5.41) is 1.15. The Balaban J connectivity index is 2.31. The topological polar surface area (TPSA) is 42.2 Å². The van der Waals surface area contributed by atoms with E-state index in [0.29, 0.717) is 0 Å². The molecule has 4 heteroatoms. The predicted octanol–water partition coefficient (Wildman–Crippen LogP) is 2.85. The van der Waals surface area contributed by atoms with Crippen molar-refractivity contribution in [2.75, 3.05) is 11.4 Å². The van der Waals surface area contributed by atoms with Crippen molar-refractivity contribution in [2.24, 2.45) is 5.73 Å². The molecule has 0 amide bonds. The van der Waals surface area contributed by atoms with E-state index in [1.165, 1.54) is 17.7 Å². The van der Waals surface area contributed by atoms with E-state index < -0.39 is 0 Å². The second-order valence-electron chi connectivity index (χ2n) is 5.30. The first-order valence-corrected chi connectivity index (χ1v) is 6.74. The van der Waals surface area contributed by atoms with Gasteiger partial charge in [-0.15, -0.1) is 11.3 Å². The van der Waals surface area contributed by atoms with Gasteiger partial charge in [0.15, 0.2) is 5.13 Å². The number of hydrogen-bond donors (Lipinski definition) is 1. The number of hydrogen-bond acceptors (Lipinski definition) is 4. The maximum Gasteiger partial charge on any atom is 0.186 e. The minimum Gasteiger partial charge on any atom is -0.343 e. The normalized spacial score (nSPS) is 21.4. The Morgan fingerprint density at radius 1 is 1.50 bits per heavy atom. The van der Waals surface area contributed by atoms with Crippen LogP contribution in [0, 0.1) is 6.92 Å². The van der Waals surface area contributed by atoms with Gasteiger partial charge in [-0.3, -0.25) is 0 Å². The van der Waals surface area contributed by atoms with Crippen LogP contribution in [0.15, 0.2) is 0 Å². The number of thiazole rings is 1. The average Bonchev–Trinajstić information content (AvgIpc) is 2.68. The zero-order valence-corrected chi connectivity index (χ0v) is 11.4. The van der Waals surface area contributed by atoms with Crippen molar-refractivity contribution < 1.29 is 0 Å². The molecule has 16 heavy (non-hydrogen) atoms. The van der Waals surface area contributed by atoms with Gasteiger partial charge in [0.1, 0.15) is 0 Å². The fraction of sp³-hybridized carbons (Fsp3) is 0.750. The summed E-state index contributed by atoms with van der Waals surface area (Å²) in [5.74, 6) is 0. The average molecular weight is 239 g/mol. The van der Waals surface area contributed by atoms with Gasteiger partial charge in [0.2, 0.25) is 0 Å². The number of anilines is 1. The summed E-state index contributed by atoms with van der Waals surface area (Å²) in [7, 11) is 0. The molecule has 0 spiro atoms. The summed E-state index contributed by atoms with van der Waals surface area (Å²) in [6.07, 6.45) is 2.51. The molecule has 1 fully saturated rings. The Morgan fingerprint density at radius 2 is 2.19 bits per heavy atom. The van der Waals surface area contributed by atoms with Gasteiger partial charge in [-0.2, -0.15) is 0 Å². The van der Waals surface area contributed by atoms with E-state index >= 15 is 0 Å². The SMILES string of the molecule is Cc1nc(N2CCCC2(C)C)sc1C(C)N. The monoisotopic (exact) mass is 239 g/mol. The van der Waals surface area contributed by atoms with Crippen molar-refractivity contribution >= 4 is 16.5 Å². The van der Waals surface area contributed by atoms with Gasteiger partial charge >= 0.3 is 0 Å². The molecule has 1 aromatic heterocycles. The quantitative estimate of drug-likeness (QED) is 0.863. The smallest absolute Gasteiger partial charge is 0.186 e. The summed E-state index contributed by atoms with van der Waals surface area (Å²) in [6.45, 7) is 9.80. The first kappa shape index (κ1) is 11.9. The van der Waals surface area contributed by atoms with Gasteiger partial charge in [0.05, 0.1) is 5.69 Å². The molecule has 2 heterocycles. The highest BCUT2D eigenvalue weighted by Gasteiger charge is 2.34. The molecule has 90 valence electrons. The fourth-order valence-electron chi connectivity index (χ4n) is 2.39. The van der Waals surface area contributed by atoms with E-state index in [-0.39, 0.29) is 11.6 Å². The van der Waals surface area contributed by atoms with Crippen molar-refractivity contribution in [1.82, 2.24) is 4.98 Å². The Labute approximate surface area is 102 Å². The first-order valence-electron chi connectivity index (χ1n) is 5.92. The second-order valence-corrected chi connectivity index (χ2v) is 6.31. The highest BCUT2D eigenvalue weighted by atomic mass is 32.1. The molecule has 1 saturated heterocycles. The Hall–Kier alpha value is -0.610. The van der Waals surface area contributed by atoms with Gasteiger partial charge < -0.3 is 10.6 Å². The molecule has 0 radical (unpaired) electrons. The fourth-order valence-corrected chi connectivity index (χ4v) is 3.60. The van der Waals surface area contributed by atoms with Gasteiger partial charge in [0.25, 0.3) is 0 Å². The molecule has 1 unspecified atom stereocenters. The van der Waals surface area contributed by atoms with Crippen molar-refractivity contribution in [2.45, 2.75) is 52.1 Å². The largest absolute Gasteiger partial charge is 0.343 e. The van der Waals surface area contributed by atoms with Crippen LogP contribution in [0.5, 0.6) is 0 Å². The lowest BCUT2D eigenvalue weighted by molar-refractivity contribution is 0.517. The van der Waals surface area contributed by atoms with Gasteiger partial charge in [-0.25, -0.2) is 4.98 Å². The molecule has 2 N–H and O–H groups in total. The molecule has 1 aliphatic heterocycles. The Kier molecular flexibility index (Phi) is 2.97. The van der Waals surface area contributed by atoms with Crippen LogP contribution in [-0.4, -0.2) is 17.1 Å². The molecule has 0 bridgehead atoms. The van der Waals surface area contributed by atoms with E-state index in [1.54, 1.807) is 11.3 Å². The van der Waals surface area contributed by atoms with Crippen LogP contribution in [0.2, 0.25) is 0 Å². The molecule has 1 aromatic rings. The third-order valence-corrected chi connectivity index (χ3v) is 4.75. The molecule has 1 aliphatic rings. The second kappa shape index (κ2) is 4.00. The number of aromatic nitrogens is 1. The standard InChI is InChI=1S/C12H21N3S/c1-8(13)10-9(2)14-11(16-10)15-7-5-6-12(15,3)4/h8H,5-7,13H2,1-4H3. The summed E-state index contributed by atoms with van der Waals surface area (Å²) >= 11 is 1.76. The van der Waals surface area contributed by atoms with E-state index in [9.17, 15) is 0 Å². The van der Waals surface area contributed by atoms with Crippen LogP contribution in [0.25, 0.3) is 0 Å². The lowest BCUT2D eigenvalue weighted by Gasteiger charge is -2.31. The van der Waals surface area contributed by atoms with Crippen LogP contribution >= 0.6 is 11.3 Å². The van der Waals surface area contributed by atoms with Crippen LogP contribution in [0.3, 0.4) is 0 Å². The predicted molar refractivity (Wildman–Crippen MR) is 70.1 cm³/mol. The van der Waals surface area contributed by atoms with Gasteiger partial charge in [0, 0.05) is 23.0 Å². The molecule has 0 aliphatic carbocycles. The highest BCUT2D eigenvalue weighted by molar-refractivity contribution is 7.15. The molecule has 0 aromatic carbocycles. The van der Waals surface area contributed by atoms with E-state index in [4.69, 9.17) is 5.73 Å².